The van der Waals surface area contributed by atoms with Gasteiger partial charge in [-0.05, 0) is 38.4 Å². The van der Waals surface area contributed by atoms with Gasteiger partial charge in [0.25, 0.3) is 0 Å². The molecule has 12 heavy (non-hydrogen) atoms. The maximum Gasteiger partial charge on any atom is 0.161 e. The molecule has 0 saturated carbocycles. The average molecular weight is 187 g/mol. The molecule has 0 aromatic heterocycles. The van der Waals surface area contributed by atoms with Crippen LogP contribution in [0.25, 0.3) is 0 Å². The summed E-state index contributed by atoms with van der Waals surface area (Å²) < 4.78 is 5.21. The molecule has 0 aromatic carbocycles. The predicted molar refractivity (Wildman–Crippen MR) is 55.3 cm³/mol. The van der Waals surface area contributed by atoms with Crippen molar-refractivity contribution in [2.75, 3.05) is 19.7 Å². The summed E-state index contributed by atoms with van der Waals surface area (Å²) in [6, 6.07) is 1.42. The van der Waals surface area contributed by atoms with E-state index < -0.39 is 0 Å². The number of rotatable bonds is 0. The molecule has 0 aromatic rings. The Labute approximate surface area is 78.0 Å². The Morgan fingerprint density at radius 3 is 1.92 bits per heavy atom. The van der Waals surface area contributed by atoms with Crippen molar-refractivity contribution >= 4 is 9.76 Å². The first-order chi connectivity index (χ1) is 6.00. The third-order valence-electron chi connectivity index (χ3n) is 2.28. The molecule has 2 nitrogen and oxygen atoms in total. The van der Waals surface area contributed by atoms with Crippen LogP contribution < -0.4 is 5.32 Å². The van der Waals surface area contributed by atoms with Crippen molar-refractivity contribution in [3.8, 4) is 0 Å². The van der Waals surface area contributed by atoms with E-state index in [2.05, 4.69) is 5.32 Å². The summed E-state index contributed by atoms with van der Waals surface area (Å²) in [5, 5.41) is 3.28. The highest BCUT2D eigenvalue weighted by Crippen LogP contribution is 2.01. The van der Waals surface area contributed by atoms with Crippen LogP contribution >= 0.6 is 0 Å². The average Bonchev–Trinajstić information content (AvgIpc) is 2.24. The minimum absolute atomic E-state index is 0.00849. The fourth-order valence-electron chi connectivity index (χ4n) is 1.49. The summed E-state index contributed by atoms with van der Waals surface area (Å²) in [7, 11) is 0.00849. The lowest BCUT2D eigenvalue weighted by Crippen LogP contribution is -2.21. The van der Waals surface area contributed by atoms with Crippen LogP contribution in [0.1, 0.15) is 32.1 Å². The fraction of sp³-hybridized carbons (Fsp3) is 1.00. The standard InChI is InChI=1S/C5H11N.C4H10OSi/c2*1-2-4-6-5-3-1/h6H,1-5H2;1-4,6H2. The first-order valence-corrected chi connectivity index (χ1v) is 6.86. The summed E-state index contributed by atoms with van der Waals surface area (Å²) in [5.41, 5.74) is 0. The highest BCUT2D eigenvalue weighted by Gasteiger charge is 1.96. The highest BCUT2D eigenvalue weighted by atomic mass is 28.2. The van der Waals surface area contributed by atoms with Crippen molar-refractivity contribution in [2.24, 2.45) is 0 Å². The van der Waals surface area contributed by atoms with Crippen molar-refractivity contribution in [3.05, 3.63) is 0 Å². The van der Waals surface area contributed by atoms with E-state index in [-0.39, 0.29) is 9.76 Å². The smallest absolute Gasteiger partial charge is 0.161 e. The Morgan fingerprint density at radius 1 is 0.917 bits per heavy atom. The van der Waals surface area contributed by atoms with Gasteiger partial charge in [-0.1, -0.05) is 12.8 Å². The number of hydrogen-bond acceptors (Lipinski definition) is 2. The van der Waals surface area contributed by atoms with Gasteiger partial charge in [0.15, 0.2) is 9.76 Å². The molecule has 0 atom stereocenters. The van der Waals surface area contributed by atoms with Gasteiger partial charge in [-0.15, -0.1) is 0 Å². The van der Waals surface area contributed by atoms with Gasteiger partial charge >= 0.3 is 0 Å². The zero-order chi connectivity index (χ0) is 8.49. The molecule has 2 rings (SSSR count). The van der Waals surface area contributed by atoms with Gasteiger partial charge < -0.3 is 9.74 Å². The quantitative estimate of drug-likeness (QED) is 0.573. The van der Waals surface area contributed by atoms with Crippen molar-refractivity contribution < 1.29 is 4.43 Å². The largest absolute Gasteiger partial charge is 0.424 e. The molecule has 0 aliphatic carbocycles. The lowest BCUT2D eigenvalue weighted by Gasteiger charge is -2.08. The van der Waals surface area contributed by atoms with Crippen LogP contribution in [0.5, 0.6) is 0 Å². The van der Waals surface area contributed by atoms with Crippen LogP contribution in [0.4, 0.5) is 0 Å². The number of nitrogens with one attached hydrogen (secondary N) is 1. The summed E-state index contributed by atoms with van der Waals surface area (Å²) in [4.78, 5) is 0. The van der Waals surface area contributed by atoms with Gasteiger partial charge in [0, 0.05) is 6.61 Å². The fourth-order valence-corrected chi connectivity index (χ4v) is 2.66. The van der Waals surface area contributed by atoms with Gasteiger partial charge in [-0.2, -0.15) is 0 Å². The van der Waals surface area contributed by atoms with Crippen LogP contribution in [0.15, 0.2) is 0 Å². The minimum atomic E-state index is 0.00849. The van der Waals surface area contributed by atoms with E-state index >= 15 is 0 Å². The molecule has 0 bridgehead atoms. The first-order valence-electron chi connectivity index (χ1n) is 5.28. The Hall–Kier alpha value is 0.137. The van der Waals surface area contributed by atoms with Crippen LogP contribution in [0.2, 0.25) is 6.04 Å². The number of piperidine rings is 1. The summed E-state index contributed by atoms with van der Waals surface area (Å²) >= 11 is 0. The summed E-state index contributed by atoms with van der Waals surface area (Å²) in [6.45, 7) is 3.56. The molecule has 0 amide bonds. The lowest BCUT2D eigenvalue weighted by molar-refractivity contribution is 0.304. The number of hydrogen-bond donors (Lipinski definition) is 1. The summed E-state index contributed by atoms with van der Waals surface area (Å²) in [5.74, 6) is 0. The molecular formula is C9H21NOSi. The van der Waals surface area contributed by atoms with Crippen LogP contribution in [0.3, 0.4) is 0 Å². The van der Waals surface area contributed by atoms with E-state index in [0.29, 0.717) is 0 Å². The zero-order valence-corrected chi connectivity index (χ0v) is 9.39. The van der Waals surface area contributed by atoms with Gasteiger partial charge in [0.1, 0.15) is 0 Å². The molecule has 1 N–H and O–H groups in total. The summed E-state index contributed by atoms with van der Waals surface area (Å²) in [6.07, 6.45) is 6.96. The molecule has 2 aliphatic heterocycles. The molecular weight excluding hydrogens is 166 g/mol. The second kappa shape index (κ2) is 7.77. The Balaban J connectivity index is 0.000000120. The molecule has 3 heteroatoms. The maximum absolute atomic E-state index is 5.21. The third-order valence-corrected chi connectivity index (χ3v) is 3.65. The molecule has 0 spiro atoms. The Morgan fingerprint density at radius 2 is 1.75 bits per heavy atom. The van der Waals surface area contributed by atoms with E-state index in [4.69, 9.17) is 4.43 Å². The van der Waals surface area contributed by atoms with E-state index in [1.165, 1.54) is 51.2 Å². The first kappa shape index (κ1) is 10.2. The predicted octanol–water partition coefficient (Wildman–Crippen LogP) is 1.06. The van der Waals surface area contributed by atoms with Crippen molar-refractivity contribution in [1.29, 1.82) is 0 Å². The van der Waals surface area contributed by atoms with Gasteiger partial charge in [0.05, 0.1) is 0 Å². The van der Waals surface area contributed by atoms with Crippen LogP contribution in [-0.4, -0.2) is 29.5 Å². The van der Waals surface area contributed by atoms with Crippen molar-refractivity contribution in [3.63, 3.8) is 0 Å². The van der Waals surface area contributed by atoms with Crippen molar-refractivity contribution in [1.82, 2.24) is 5.32 Å². The topological polar surface area (TPSA) is 21.3 Å². The van der Waals surface area contributed by atoms with E-state index in [1.54, 1.807) is 0 Å². The van der Waals surface area contributed by atoms with Gasteiger partial charge in [-0.25, -0.2) is 0 Å². The van der Waals surface area contributed by atoms with E-state index in [0.717, 1.165) is 6.61 Å². The Kier molecular flexibility index (Phi) is 6.62. The maximum atomic E-state index is 5.21. The van der Waals surface area contributed by atoms with Crippen molar-refractivity contribution in [2.45, 2.75) is 38.1 Å². The van der Waals surface area contributed by atoms with E-state index in [1.807, 2.05) is 0 Å². The lowest BCUT2D eigenvalue weighted by atomic mass is 10.2. The second-order valence-corrected chi connectivity index (χ2v) is 5.01. The zero-order valence-electron chi connectivity index (χ0n) is 7.98. The second-order valence-electron chi connectivity index (χ2n) is 3.48. The van der Waals surface area contributed by atoms with Crippen LogP contribution in [0, 0.1) is 0 Å². The van der Waals surface area contributed by atoms with Gasteiger partial charge in [0.2, 0.25) is 0 Å². The van der Waals surface area contributed by atoms with E-state index in [9.17, 15) is 0 Å². The molecule has 72 valence electrons. The van der Waals surface area contributed by atoms with Gasteiger partial charge in [-0.3, -0.25) is 0 Å². The SMILES string of the molecule is C1CCNCC1.C1CC[SiH2]OC1. The Bertz CT molecular complexity index is 57.5. The molecule has 2 fully saturated rings. The molecule has 0 unspecified atom stereocenters. The highest BCUT2D eigenvalue weighted by molar-refractivity contribution is 6.27. The normalized spacial score (nSPS) is 26.0. The molecule has 2 heterocycles. The minimum Gasteiger partial charge on any atom is -0.424 e. The molecule has 2 aliphatic rings. The molecule has 0 radical (unpaired) electrons. The third kappa shape index (κ3) is 5.74. The monoisotopic (exact) mass is 187 g/mol. The van der Waals surface area contributed by atoms with Crippen LogP contribution in [-0.2, 0) is 4.43 Å². The molecule has 2 saturated heterocycles.